The zero-order chi connectivity index (χ0) is 6.91. The van der Waals surface area contributed by atoms with Crippen LogP contribution in [0.15, 0.2) is 22.8 Å². The zero-order valence-electron chi connectivity index (χ0n) is 4.97. The lowest BCUT2D eigenvalue weighted by atomic mass is 10.3. The Balaban J connectivity index is 2.90. The molecule has 1 aromatic heterocycles. The van der Waals surface area contributed by atoms with E-state index in [0.717, 1.165) is 0 Å². The number of hydrogen-bond donors (Lipinski definition) is 1. The van der Waals surface area contributed by atoms with Gasteiger partial charge in [0.2, 0.25) is 0 Å². The summed E-state index contributed by atoms with van der Waals surface area (Å²) in [5, 5.41) is 7.68. The van der Waals surface area contributed by atoms with Crippen LogP contribution in [-0.4, -0.2) is 5.11 Å². The van der Waals surface area contributed by atoms with Gasteiger partial charge >= 0.3 is 0 Å². The average Bonchev–Trinajstić information content (AvgIpc) is 2.08. The first kappa shape index (κ1) is 6.65. The summed E-state index contributed by atoms with van der Waals surface area (Å²) < 4.78 is 4.82. The van der Waals surface area contributed by atoms with E-state index in [-0.39, 0.29) is 0 Å². The molecule has 0 fully saturated rings. The van der Waals surface area contributed by atoms with E-state index < -0.39 is 5.06 Å². The molecule has 0 aliphatic rings. The number of halogens is 1. The number of aliphatic hydroxyl groups is 1. The molecular formula is C6H7ClO2. The van der Waals surface area contributed by atoms with Gasteiger partial charge in [-0.15, -0.1) is 0 Å². The highest BCUT2D eigenvalue weighted by molar-refractivity contribution is 6.22. The first-order valence-corrected chi connectivity index (χ1v) is 2.94. The smallest absolute Gasteiger partial charge is 0.194 e. The van der Waals surface area contributed by atoms with Crippen LogP contribution >= 0.6 is 11.6 Å². The molecule has 1 rings (SSSR count). The van der Waals surface area contributed by atoms with Crippen LogP contribution in [0.1, 0.15) is 12.7 Å². The van der Waals surface area contributed by atoms with E-state index in [9.17, 15) is 0 Å². The molecule has 0 saturated carbocycles. The summed E-state index contributed by atoms with van der Waals surface area (Å²) in [4.78, 5) is 0. The fourth-order valence-electron chi connectivity index (χ4n) is 0.538. The first-order chi connectivity index (χ1) is 4.11. The minimum absolute atomic E-state index is 0.365. The molecule has 0 bridgehead atoms. The highest BCUT2D eigenvalue weighted by atomic mass is 35.5. The van der Waals surface area contributed by atoms with Crippen LogP contribution in [0.2, 0.25) is 0 Å². The molecule has 1 heterocycles. The van der Waals surface area contributed by atoms with Crippen molar-refractivity contribution in [3.05, 3.63) is 24.2 Å². The molecule has 0 saturated heterocycles. The molecule has 50 valence electrons. The van der Waals surface area contributed by atoms with E-state index >= 15 is 0 Å². The summed E-state index contributed by atoms with van der Waals surface area (Å²) in [5.74, 6) is 0.365. The van der Waals surface area contributed by atoms with E-state index in [0.29, 0.717) is 5.76 Å². The molecule has 1 N–H and O–H groups in total. The molecule has 3 heteroatoms. The highest BCUT2D eigenvalue weighted by Crippen LogP contribution is 2.24. The molecular weight excluding hydrogens is 140 g/mol. The SMILES string of the molecule is CC(O)(Cl)c1ccco1. The summed E-state index contributed by atoms with van der Waals surface area (Å²) >= 11 is 5.46. The van der Waals surface area contributed by atoms with Gasteiger partial charge in [0, 0.05) is 0 Å². The topological polar surface area (TPSA) is 33.4 Å². The highest BCUT2D eigenvalue weighted by Gasteiger charge is 2.21. The quantitative estimate of drug-likeness (QED) is 0.612. The monoisotopic (exact) mass is 146 g/mol. The van der Waals surface area contributed by atoms with Crippen molar-refractivity contribution in [2.24, 2.45) is 0 Å². The van der Waals surface area contributed by atoms with Crippen molar-refractivity contribution in [3.8, 4) is 0 Å². The Morgan fingerprint density at radius 2 is 2.44 bits per heavy atom. The molecule has 1 unspecified atom stereocenters. The van der Waals surface area contributed by atoms with Gasteiger partial charge in [0.15, 0.2) is 10.8 Å². The minimum Gasteiger partial charge on any atom is -0.465 e. The third-order valence-corrected chi connectivity index (χ3v) is 1.16. The van der Waals surface area contributed by atoms with Crippen molar-refractivity contribution in [2.45, 2.75) is 12.0 Å². The van der Waals surface area contributed by atoms with Crippen LogP contribution in [0.5, 0.6) is 0 Å². The largest absolute Gasteiger partial charge is 0.465 e. The Kier molecular flexibility index (Phi) is 1.51. The van der Waals surface area contributed by atoms with Gasteiger partial charge in [-0.3, -0.25) is 0 Å². The van der Waals surface area contributed by atoms with E-state index in [2.05, 4.69) is 0 Å². The van der Waals surface area contributed by atoms with Crippen LogP contribution < -0.4 is 0 Å². The summed E-state index contributed by atoms with van der Waals surface area (Å²) in [7, 11) is 0. The molecule has 2 nitrogen and oxygen atoms in total. The van der Waals surface area contributed by atoms with Crippen molar-refractivity contribution in [2.75, 3.05) is 0 Å². The van der Waals surface area contributed by atoms with Gasteiger partial charge < -0.3 is 9.52 Å². The summed E-state index contributed by atoms with van der Waals surface area (Å²) in [6, 6.07) is 3.29. The van der Waals surface area contributed by atoms with Gasteiger partial charge in [0.25, 0.3) is 0 Å². The fraction of sp³-hybridized carbons (Fsp3) is 0.333. The maximum atomic E-state index is 9.05. The van der Waals surface area contributed by atoms with Gasteiger partial charge in [0.1, 0.15) is 0 Å². The molecule has 0 radical (unpaired) electrons. The average molecular weight is 147 g/mol. The Bertz CT molecular complexity index is 173. The second-order valence-electron chi connectivity index (χ2n) is 1.93. The number of furan rings is 1. The van der Waals surface area contributed by atoms with Gasteiger partial charge in [-0.1, -0.05) is 11.6 Å². The van der Waals surface area contributed by atoms with Crippen molar-refractivity contribution < 1.29 is 9.52 Å². The van der Waals surface area contributed by atoms with Crippen molar-refractivity contribution in [3.63, 3.8) is 0 Å². The lowest BCUT2D eigenvalue weighted by Crippen LogP contribution is -2.09. The number of alkyl halides is 1. The summed E-state index contributed by atoms with van der Waals surface area (Å²) in [5.41, 5.74) is 0. The van der Waals surface area contributed by atoms with E-state index in [1.165, 1.54) is 13.2 Å². The van der Waals surface area contributed by atoms with Gasteiger partial charge in [-0.25, -0.2) is 0 Å². The number of hydrogen-bond acceptors (Lipinski definition) is 2. The lowest BCUT2D eigenvalue weighted by Gasteiger charge is -2.08. The Labute approximate surface area is 58.1 Å². The third kappa shape index (κ3) is 1.47. The maximum Gasteiger partial charge on any atom is 0.194 e. The van der Waals surface area contributed by atoms with Crippen LogP contribution in [0.4, 0.5) is 0 Å². The molecule has 1 aromatic rings. The van der Waals surface area contributed by atoms with Gasteiger partial charge in [0.05, 0.1) is 6.26 Å². The van der Waals surface area contributed by atoms with Crippen LogP contribution in [0.3, 0.4) is 0 Å². The summed E-state index contributed by atoms with van der Waals surface area (Å²) in [6.07, 6.45) is 1.46. The van der Waals surface area contributed by atoms with Gasteiger partial charge in [-0.05, 0) is 19.1 Å². The molecule has 0 aromatic carbocycles. The first-order valence-electron chi connectivity index (χ1n) is 2.56. The summed E-state index contributed by atoms with van der Waals surface area (Å²) in [6.45, 7) is 1.45. The fourth-order valence-corrected chi connectivity index (χ4v) is 0.646. The van der Waals surface area contributed by atoms with E-state index in [1.807, 2.05) is 0 Å². The molecule has 0 aliphatic carbocycles. The molecule has 1 atom stereocenters. The van der Waals surface area contributed by atoms with Crippen LogP contribution in [0.25, 0.3) is 0 Å². The Morgan fingerprint density at radius 1 is 1.78 bits per heavy atom. The van der Waals surface area contributed by atoms with E-state index in [1.54, 1.807) is 12.1 Å². The Morgan fingerprint density at radius 3 is 2.67 bits per heavy atom. The second kappa shape index (κ2) is 2.05. The predicted octanol–water partition coefficient (Wildman–Crippen LogP) is 1.68. The molecule has 9 heavy (non-hydrogen) atoms. The minimum atomic E-state index is -1.37. The standard InChI is InChI=1S/C6H7ClO2/c1-6(7,8)5-3-2-4-9-5/h2-4,8H,1H3. The van der Waals surface area contributed by atoms with Crippen LogP contribution in [-0.2, 0) is 5.06 Å². The van der Waals surface area contributed by atoms with E-state index in [4.69, 9.17) is 21.1 Å². The molecule has 0 amide bonds. The third-order valence-electron chi connectivity index (χ3n) is 0.971. The maximum absolute atomic E-state index is 9.05. The normalized spacial score (nSPS) is 17.2. The Hall–Kier alpha value is -0.470. The number of rotatable bonds is 1. The molecule has 0 spiro atoms. The van der Waals surface area contributed by atoms with Gasteiger partial charge in [-0.2, -0.15) is 0 Å². The molecule has 0 aliphatic heterocycles. The lowest BCUT2D eigenvalue weighted by molar-refractivity contribution is 0.122. The predicted molar refractivity (Wildman–Crippen MR) is 34.1 cm³/mol. The zero-order valence-corrected chi connectivity index (χ0v) is 5.72. The van der Waals surface area contributed by atoms with Crippen molar-refractivity contribution in [1.82, 2.24) is 0 Å². The second-order valence-corrected chi connectivity index (χ2v) is 2.67. The van der Waals surface area contributed by atoms with Crippen molar-refractivity contribution >= 4 is 11.6 Å². The van der Waals surface area contributed by atoms with Crippen LogP contribution in [0, 0.1) is 0 Å². The van der Waals surface area contributed by atoms with Crippen molar-refractivity contribution in [1.29, 1.82) is 0 Å².